The first-order chi connectivity index (χ1) is 16.5. The van der Waals surface area contributed by atoms with Gasteiger partial charge in [0, 0.05) is 34.7 Å². The van der Waals surface area contributed by atoms with Crippen LogP contribution in [-0.2, 0) is 6.54 Å². The Hall–Kier alpha value is -3.04. The van der Waals surface area contributed by atoms with Gasteiger partial charge in [-0.15, -0.1) is 11.8 Å². The van der Waals surface area contributed by atoms with Crippen molar-refractivity contribution in [2.24, 2.45) is 4.99 Å². The van der Waals surface area contributed by atoms with E-state index in [4.69, 9.17) is 26.7 Å². The average molecular weight is 498 g/mol. The van der Waals surface area contributed by atoms with Crippen LogP contribution in [0.2, 0.25) is 0 Å². The van der Waals surface area contributed by atoms with E-state index in [0.717, 1.165) is 29.0 Å². The molecular weight excluding hydrogens is 470 g/mol. The van der Waals surface area contributed by atoms with Crippen LogP contribution in [0.4, 0.5) is 5.69 Å². The Balaban J connectivity index is 1.88. The molecule has 0 aliphatic carbocycles. The number of thioether (sulfide) groups is 1. The fourth-order valence-corrected chi connectivity index (χ4v) is 5.50. The lowest BCUT2D eigenvalue weighted by molar-refractivity contribution is 0.391. The number of aromatic amines is 1. The van der Waals surface area contributed by atoms with Crippen LogP contribution in [0.3, 0.4) is 0 Å². The predicted molar refractivity (Wildman–Crippen MR) is 138 cm³/mol. The van der Waals surface area contributed by atoms with E-state index in [1.54, 1.807) is 30.5 Å². The van der Waals surface area contributed by atoms with Crippen molar-refractivity contribution in [2.45, 2.75) is 42.9 Å². The van der Waals surface area contributed by atoms with Crippen molar-refractivity contribution < 1.29 is 14.6 Å². The molecule has 9 heteroatoms. The summed E-state index contributed by atoms with van der Waals surface area (Å²) in [7, 11) is 3.24. The maximum Gasteiger partial charge on any atom is 0.264 e. The number of methoxy groups -OCH3 is 2. The Kier molecular flexibility index (Phi) is 7.43. The van der Waals surface area contributed by atoms with Crippen LogP contribution < -0.4 is 15.0 Å². The highest BCUT2D eigenvalue weighted by Crippen LogP contribution is 2.48. The molecule has 0 spiro atoms. The van der Waals surface area contributed by atoms with Crippen molar-refractivity contribution in [3.05, 3.63) is 68.7 Å². The molecule has 3 aromatic rings. The van der Waals surface area contributed by atoms with Crippen molar-refractivity contribution >= 4 is 35.4 Å². The molecule has 2 heterocycles. The SMILES string of the molecule is CCCCn1c(O)c(C2=Nc3ccccc3SC(c3ccc(OC)cc3OC)C2)c(=O)[nH]c1=S. The molecule has 1 aliphatic heterocycles. The molecule has 0 bridgehead atoms. The van der Waals surface area contributed by atoms with Gasteiger partial charge in [-0.1, -0.05) is 31.5 Å². The third-order valence-corrected chi connectivity index (χ3v) is 7.38. The average Bonchev–Trinajstić information content (AvgIpc) is 3.02. The van der Waals surface area contributed by atoms with Crippen LogP contribution in [0.15, 0.2) is 57.1 Å². The summed E-state index contributed by atoms with van der Waals surface area (Å²) in [5, 5.41) is 11.0. The third kappa shape index (κ3) is 4.76. The molecule has 0 radical (unpaired) electrons. The van der Waals surface area contributed by atoms with Gasteiger partial charge in [0.2, 0.25) is 5.88 Å². The lowest BCUT2D eigenvalue weighted by Crippen LogP contribution is -2.24. The number of nitrogens with one attached hydrogen (secondary N) is 1. The number of unbranched alkanes of at least 4 members (excludes halogenated alkanes) is 1. The molecule has 0 saturated carbocycles. The van der Waals surface area contributed by atoms with E-state index in [2.05, 4.69) is 11.9 Å². The minimum Gasteiger partial charge on any atom is -0.497 e. The van der Waals surface area contributed by atoms with Crippen LogP contribution in [0.5, 0.6) is 17.4 Å². The van der Waals surface area contributed by atoms with Gasteiger partial charge in [-0.3, -0.25) is 19.3 Å². The van der Waals surface area contributed by atoms with Crippen molar-refractivity contribution in [3.63, 3.8) is 0 Å². The third-order valence-electron chi connectivity index (χ3n) is 5.75. The molecule has 0 fully saturated rings. The monoisotopic (exact) mass is 497 g/mol. The van der Waals surface area contributed by atoms with Crippen LogP contribution in [0.25, 0.3) is 0 Å². The Morgan fingerprint density at radius 1 is 1.24 bits per heavy atom. The molecule has 0 amide bonds. The molecular formula is C25H27N3O4S2. The largest absolute Gasteiger partial charge is 0.497 e. The molecule has 2 N–H and O–H groups in total. The molecule has 1 unspecified atom stereocenters. The molecule has 0 saturated heterocycles. The van der Waals surface area contributed by atoms with Crippen LogP contribution >= 0.6 is 24.0 Å². The number of aromatic nitrogens is 2. The van der Waals surface area contributed by atoms with E-state index in [-0.39, 0.29) is 21.5 Å². The highest BCUT2D eigenvalue weighted by Gasteiger charge is 2.28. The second-order valence-electron chi connectivity index (χ2n) is 7.91. The molecule has 2 aromatic carbocycles. The summed E-state index contributed by atoms with van der Waals surface area (Å²) in [6, 6.07) is 13.5. The number of H-pyrrole nitrogens is 1. The fraction of sp³-hybridized carbons (Fsp3) is 0.320. The van der Waals surface area contributed by atoms with Gasteiger partial charge in [-0.2, -0.15) is 0 Å². The molecule has 1 aliphatic rings. The van der Waals surface area contributed by atoms with E-state index in [0.29, 0.717) is 30.2 Å². The zero-order chi connectivity index (χ0) is 24.2. The highest BCUT2D eigenvalue weighted by atomic mass is 32.2. The van der Waals surface area contributed by atoms with E-state index in [9.17, 15) is 9.90 Å². The summed E-state index contributed by atoms with van der Waals surface area (Å²) < 4.78 is 12.8. The van der Waals surface area contributed by atoms with Crippen LogP contribution in [0, 0.1) is 4.77 Å². The van der Waals surface area contributed by atoms with Gasteiger partial charge in [0.15, 0.2) is 4.77 Å². The summed E-state index contributed by atoms with van der Waals surface area (Å²) >= 11 is 6.97. The summed E-state index contributed by atoms with van der Waals surface area (Å²) in [6.07, 6.45) is 2.16. The molecule has 1 aromatic heterocycles. The lowest BCUT2D eigenvalue weighted by atomic mass is 10.0. The Bertz CT molecular complexity index is 1350. The minimum absolute atomic E-state index is 0.116. The maximum absolute atomic E-state index is 13.0. The fourth-order valence-electron chi connectivity index (χ4n) is 3.97. The lowest BCUT2D eigenvalue weighted by Gasteiger charge is -2.20. The maximum atomic E-state index is 13.0. The molecule has 4 rings (SSSR count). The standard InChI is InChI=1S/C25H27N3O4S2/c1-4-5-12-28-24(30)22(23(29)27-25(28)33)18-14-21(34-20-9-7-6-8-17(20)26-18)16-11-10-15(31-2)13-19(16)32-3/h6-11,13,21,30H,4-5,12,14H2,1-3H3,(H,27,29,33). The summed E-state index contributed by atoms with van der Waals surface area (Å²) in [6.45, 7) is 2.57. The Morgan fingerprint density at radius 3 is 2.76 bits per heavy atom. The second-order valence-corrected chi connectivity index (χ2v) is 9.54. The van der Waals surface area contributed by atoms with E-state index in [1.165, 1.54) is 0 Å². The number of para-hydroxylation sites is 1. The molecule has 7 nitrogen and oxygen atoms in total. The summed E-state index contributed by atoms with van der Waals surface area (Å²) in [5.74, 6) is 1.24. The molecule has 178 valence electrons. The smallest absolute Gasteiger partial charge is 0.264 e. The Morgan fingerprint density at radius 2 is 2.03 bits per heavy atom. The zero-order valence-corrected chi connectivity index (χ0v) is 21.0. The quantitative estimate of drug-likeness (QED) is 0.402. The second kappa shape index (κ2) is 10.5. The number of hydrogen-bond acceptors (Lipinski definition) is 7. The zero-order valence-electron chi connectivity index (χ0n) is 19.3. The highest BCUT2D eigenvalue weighted by molar-refractivity contribution is 7.99. The first kappa shape index (κ1) is 24.1. The van der Waals surface area contributed by atoms with Crippen molar-refractivity contribution in [2.75, 3.05) is 14.2 Å². The van der Waals surface area contributed by atoms with Gasteiger partial charge in [0.25, 0.3) is 5.56 Å². The van der Waals surface area contributed by atoms with Gasteiger partial charge in [-0.25, -0.2) is 0 Å². The van der Waals surface area contributed by atoms with Gasteiger partial charge in [0.05, 0.1) is 25.6 Å². The molecule has 1 atom stereocenters. The molecule has 34 heavy (non-hydrogen) atoms. The summed E-state index contributed by atoms with van der Waals surface area (Å²) in [4.78, 5) is 21.6. The number of fused-ring (bicyclic) bond motifs is 1. The van der Waals surface area contributed by atoms with Gasteiger partial charge in [0.1, 0.15) is 17.1 Å². The predicted octanol–water partition coefficient (Wildman–Crippen LogP) is 5.79. The summed E-state index contributed by atoms with van der Waals surface area (Å²) in [5.41, 5.74) is 1.91. The number of rotatable bonds is 7. The minimum atomic E-state index is -0.446. The van der Waals surface area contributed by atoms with E-state index in [1.807, 2.05) is 42.5 Å². The van der Waals surface area contributed by atoms with Crippen molar-refractivity contribution in [1.29, 1.82) is 0 Å². The van der Waals surface area contributed by atoms with Crippen molar-refractivity contribution in [3.8, 4) is 17.4 Å². The first-order valence-electron chi connectivity index (χ1n) is 11.1. The number of nitrogens with zero attached hydrogens (tertiary/aromatic N) is 2. The van der Waals surface area contributed by atoms with E-state index < -0.39 is 5.56 Å². The van der Waals surface area contributed by atoms with Crippen LogP contribution in [-0.4, -0.2) is 34.6 Å². The topological polar surface area (TPSA) is 88.8 Å². The van der Waals surface area contributed by atoms with Gasteiger partial charge in [-0.05, 0) is 36.8 Å². The number of benzene rings is 2. The number of ether oxygens (including phenoxy) is 2. The first-order valence-corrected chi connectivity index (χ1v) is 12.4. The van der Waals surface area contributed by atoms with Crippen molar-refractivity contribution in [1.82, 2.24) is 9.55 Å². The number of aliphatic imine (C=N–C) groups is 1. The Labute approximate surface area is 207 Å². The normalized spacial score (nSPS) is 15.3. The van der Waals surface area contributed by atoms with Gasteiger partial charge < -0.3 is 14.6 Å². The number of hydrogen-bond donors (Lipinski definition) is 2. The van der Waals surface area contributed by atoms with E-state index >= 15 is 0 Å². The van der Waals surface area contributed by atoms with Crippen LogP contribution in [0.1, 0.15) is 42.6 Å². The number of aromatic hydroxyl groups is 1. The van der Waals surface area contributed by atoms with Gasteiger partial charge >= 0.3 is 0 Å².